The third kappa shape index (κ3) is 105. The van der Waals surface area contributed by atoms with Crippen molar-refractivity contribution >= 4 is 33.6 Å². The number of carbonyl (C=O) groups is 3. The van der Waals surface area contributed by atoms with E-state index in [2.05, 4.69) is 215 Å². The van der Waals surface area contributed by atoms with E-state index in [0.29, 0.717) is 19.3 Å². The Morgan fingerprint density at radius 2 is 0.382 bits per heavy atom. The first kappa shape index (κ1) is 125. The van der Waals surface area contributed by atoms with Gasteiger partial charge in [0.05, 0.1) is 26.4 Å². The van der Waals surface area contributed by atoms with Crippen LogP contribution in [0.15, 0.2) is 194 Å². The van der Waals surface area contributed by atoms with Crippen molar-refractivity contribution in [2.45, 2.75) is 463 Å². The van der Waals surface area contributed by atoms with E-state index in [1.807, 2.05) is 0 Å². The van der Waals surface area contributed by atoms with Crippen LogP contribution in [0.25, 0.3) is 0 Å². The average Bonchev–Trinajstić information content (AvgIpc) is 0.896. The van der Waals surface area contributed by atoms with Gasteiger partial charge in [-0.05, 0) is 161 Å². The molecule has 5 atom stereocenters. The summed E-state index contributed by atoms with van der Waals surface area (Å²) in [4.78, 5) is 59.3. The van der Waals surface area contributed by atoms with Gasteiger partial charge in [0.1, 0.15) is 25.4 Å². The molecule has 16 nitrogen and oxygen atoms in total. The maximum atomic E-state index is 13.1. The Bertz CT molecular complexity index is 3160. The molecule has 0 heterocycles. The highest BCUT2D eigenvalue weighted by Crippen LogP contribution is 2.45. The Kier molecular flexibility index (Phi) is 98.9. The summed E-state index contributed by atoms with van der Waals surface area (Å²) < 4.78 is 61.8. The van der Waals surface area contributed by atoms with Crippen molar-refractivity contribution in [3.8, 4) is 0 Å². The lowest BCUT2D eigenvalue weighted by atomic mass is 10.0. The first-order valence-corrected chi connectivity index (χ1v) is 55.7. The van der Waals surface area contributed by atoms with Gasteiger partial charge in [0, 0.05) is 19.3 Å². The molecule has 0 fully saturated rings. The van der Waals surface area contributed by atoms with Gasteiger partial charge < -0.3 is 34.2 Å². The Balaban J connectivity index is 4.62. The average molecular weight is 1870 g/mol. The second kappa shape index (κ2) is 103. The summed E-state index contributed by atoms with van der Waals surface area (Å²) in [5.41, 5.74) is 0. The van der Waals surface area contributed by atoms with E-state index in [1.54, 1.807) is 0 Å². The number of ether oxygens (including phenoxy) is 3. The number of hydrogen-bond acceptors (Lipinski definition) is 14. The molecule has 0 aromatic rings. The van der Waals surface area contributed by atoms with Crippen molar-refractivity contribution in [1.29, 1.82) is 0 Å². The van der Waals surface area contributed by atoms with E-state index >= 15 is 0 Å². The molecule has 0 rings (SSSR count). The zero-order valence-corrected chi connectivity index (χ0v) is 85.0. The van der Waals surface area contributed by atoms with E-state index in [9.17, 15) is 43.5 Å². The molecule has 18 heteroatoms. The van der Waals surface area contributed by atoms with Crippen LogP contribution in [0.4, 0.5) is 0 Å². The number of allylic oxidation sites excluding steroid dienone is 32. The highest BCUT2D eigenvalue weighted by Gasteiger charge is 2.30. The molecule has 0 saturated carbocycles. The van der Waals surface area contributed by atoms with Gasteiger partial charge in [0.15, 0.2) is 6.10 Å². The molecule has 0 aliphatic carbocycles. The smallest absolute Gasteiger partial charge is 0.463 e. The molecule has 131 heavy (non-hydrogen) atoms. The number of carbonyl (C=O) groups excluding carboxylic acids is 3. The van der Waals surface area contributed by atoms with E-state index in [1.165, 1.54) is 199 Å². The molecular formula is C113H192O16P2. The summed E-state index contributed by atoms with van der Waals surface area (Å²) >= 11 is 0. The van der Waals surface area contributed by atoms with E-state index in [4.69, 9.17) is 32.3 Å². The molecule has 0 aromatic heterocycles. The monoisotopic (exact) mass is 1870 g/mol. The topological polar surface area (TPSA) is 231 Å². The summed E-state index contributed by atoms with van der Waals surface area (Å²) in [6, 6.07) is 0. The minimum Gasteiger partial charge on any atom is -0.463 e. The van der Waals surface area contributed by atoms with Crippen LogP contribution in [0.5, 0.6) is 0 Å². The van der Waals surface area contributed by atoms with Gasteiger partial charge in [-0.3, -0.25) is 32.5 Å². The van der Waals surface area contributed by atoms with Crippen LogP contribution >= 0.6 is 15.6 Å². The van der Waals surface area contributed by atoms with Crippen molar-refractivity contribution in [2.75, 3.05) is 39.6 Å². The fourth-order valence-electron chi connectivity index (χ4n) is 14.5. The third-order valence-electron chi connectivity index (χ3n) is 22.3. The quantitative estimate of drug-likeness (QED) is 0.0146. The fourth-order valence-corrected chi connectivity index (χ4v) is 16.0. The molecule has 0 aromatic carbocycles. The molecule has 0 radical (unpaired) electrons. The lowest BCUT2D eigenvalue weighted by Crippen LogP contribution is -2.30. The number of rotatable bonds is 99. The molecule has 0 amide bonds. The molecule has 0 aliphatic rings. The molecule has 750 valence electrons. The van der Waals surface area contributed by atoms with Gasteiger partial charge in [-0.25, -0.2) is 9.13 Å². The second-order valence-electron chi connectivity index (χ2n) is 34.9. The zero-order valence-electron chi connectivity index (χ0n) is 83.2. The third-order valence-corrected chi connectivity index (χ3v) is 24.2. The number of esters is 3. The van der Waals surface area contributed by atoms with E-state index < -0.39 is 91.5 Å². The van der Waals surface area contributed by atoms with Gasteiger partial charge in [-0.15, -0.1) is 0 Å². The lowest BCUT2D eigenvalue weighted by molar-refractivity contribution is -0.161. The van der Waals surface area contributed by atoms with Crippen LogP contribution in [-0.4, -0.2) is 95.9 Å². The van der Waals surface area contributed by atoms with Crippen molar-refractivity contribution < 1.29 is 75.8 Å². The standard InChI is InChI=1S/C113H192O16P2/c1-4-7-10-13-16-19-22-25-28-31-34-37-40-43-46-49-52-53-56-58-60-63-66-69-72-75-78-81-84-87-90-93-96-99-111(116)123-102-108(114)103-125-130(119,120)126-104-109(115)105-127-131(121,122)128-107-110(129-113(118)101-98-95-92-89-86-83-80-77-74-71-68-65-62-59-55-51-48-45-42-39-36-33-30-27-24-21-18-15-12-9-6-3)106-124-112(117)100-97-94-91-88-85-82-79-76-73-70-67-64-61-57-54-50-47-44-41-38-35-32-29-26-23-20-17-14-11-8-5-2/h7-12,16-21,25-30,34-39,43-48,54,57,108-110,114-115H,4-6,13-15,22-24,31-33,40-42,49-53,55-56,58-107H2,1-3H3,(H,119,120)(H,121,122)/b10-7-,11-8-,12-9-,19-16-,20-17-,21-18-,28-25-,29-26-,30-27-,37-34-,38-35-,39-36-,46-43-,47-44-,48-45-,57-54-. The minimum atomic E-state index is -4.95. The van der Waals surface area contributed by atoms with E-state index in [-0.39, 0.29) is 19.3 Å². The zero-order chi connectivity index (χ0) is 95.0. The number of hydrogen-bond donors (Lipinski definition) is 4. The first-order valence-electron chi connectivity index (χ1n) is 52.7. The maximum absolute atomic E-state index is 13.1. The summed E-state index contributed by atoms with van der Waals surface area (Å²) in [6.45, 7) is 2.42. The second-order valence-corrected chi connectivity index (χ2v) is 37.8. The molecule has 0 aliphatic heterocycles. The Labute approximate surface area is 801 Å². The predicted molar refractivity (Wildman–Crippen MR) is 555 cm³/mol. The SMILES string of the molecule is CC/C=C\C/C=C\C/C=C\C/C=C\C/C=C\C/C=C\CCCCCCCCCCCCCCC(=O)OCC(COP(=O)(O)OCC(O)COP(=O)(O)OCC(O)COC(=O)CCCCCCCCCCCCCCCCCCC/C=C\C/C=C\C/C=C\C/C=C\C/C=C\CC)OC(=O)CCCCCCCCCCCCCCCCC/C=C\C/C=C\C/C=C\C/C=C\C/C=C\CC. The summed E-state index contributed by atoms with van der Waals surface area (Å²) in [6.07, 6.45) is 139. The fraction of sp³-hybridized carbons (Fsp3) is 0.690. The van der Waals surface area contributed by atoms with Gasteiger partial charge in [-0.2, -0.15) is 0 Å². The highest BCUT2D eigenvalue weighted by molar-refractivity contribution is 7.47. The van der Waals surface area contributed by atoms with Crippen LogP contribution in [0, 0.1) is 0 Å². The molecule has 0 bridgehead atoms. The van der Waals surface area contributed by atoms with Crippen molar-refractivity contribution in [3.05, 3.63) is 194 Å². The van der Waals surface area contributed by atoms with Crippen molar-refractivity contribution in [3.63, 3.8) is 0 Å². The number of phosphoric acid groups is 2. The molecule has 0 spiro atoms. The maximum Gasteiger partial charge on any atom is 0.472 e. The molecule has 0 saturated heterocycles. The number of phosphoric ester groups is 2. The number of aliphatic hydroxyl groups excluding tert-OH is 2. The lowest BCUT2D eigenvalue weighted by Gasteiger charge is -2.21. The summed E-state index contributed by atoms with van der Waals surface area (Å²) in [5, 5.41) is 20.8. The van der Waals surface area contributed by atoms with Crippen molar-refractivity contribution in [1.82, 2.24) is 0 Å². The summed E-state index contributed by atoms with van der Waals surface area (Å²) in [7, 11) is -9.82. The van der Waals surface area contributed by atoms with E-state index in [0.717, 1.165) is 186 Å². The van der Waals surface area contributed by atoms with Crippen LogP contribution < -0.4 is 0 Å². The van der Waals surface area contributed by atoms with Crippen LogP contribution in [-0.2, 0) is 55.8 Å². The Hall–Kier alpha value is -5.61. The Morgan fingerprint density at radius 1 is 0.214 bits per heavy atom. The van der Waals surface area contributed by atoms with Gasteiger partial charge in [0.2, 0.25) is 0 Å². The first-order chi connectivity index (χ1) is 64.2. The van der Waals surface area contributed by atoms with Gasteiger partial charge in [0.25, 0.3) is 0 Å². The number of aliphatic hydroxyl groups is 2. The molecular weight excluding hydrogens is 1680 g/mol. The molecule has 5 unspecified atom stereocenters. The Morgan fingerprint density at radius 3 is 0.603 bits per heavy atom. The van der Waals surface area contributed by atoms with Crippen molar-refractivity contribution in [2.24, 2.45) is 0 Å². The van der Waals surface area contributed by atoms with Crippen LogP contribution in [0.1, 0.15) is 445 Å². The normalized spacial score (nSPS) is 14.4. The highest BCUT2D eigenvalue weighted by atomic mass is 31.2. The van der Waals surface area contributed by atoms with Crippen LogP contribution in [0.3, 0.4) is 0 Å². The van der Waals surface area contributed by atoms with Crippen LogP contribution in [0.2, 0.25) is 0 Å². The summed E-state index contributed by atoms with van der Waals surface area (Å²) in [5.74, 6) is -1.56. The van der Waals surface area contributed by atoms with Gasteiger partial charge in [-0.1, -0.05) is 459 Å². The van der Waals surface area contributed by atoms with Gasteiger partial charge >= 0.3 is 33.6 Å². The molecule has 4 N–H and O–H groups in total. The predicted octanol–water partition coefficient (Wildman–Crippen LogP) is 33.7. The largest absolute Gasteiger partial charge is 0.472 e. The number of unbranched alkanes of at least 4 members (excludes halogenated alkanes) is 44. The minimum absolute atomic E-state index is 0.0999.